The number of hydrogen-bond donors (Lipinski definition) is 3. The van der Waals surface area contributed by atoms with Crippen LogP contribution in [0.1, 0.15) is 45.4 Å². The summed E-state index contributed by atoms with van der Waals surface area (Å²) >= 11 is 0. The highest BCUT2D eigenvalue weighted by Crippen LogP contribution is 2.70. The first kappa shape index (κ1) is 17.4. The lowest BCUT2D eigenvalue weighted by atomic mass is 9.39. The van der Waals surface area contributed by atoms with Crippen molar-refractivity contribution in [3.63, 3.8) is 0 Å². The fraction of sp³-hybridized carbons (Fsp3) is 0.800. The van der Waals surface area contributed by atoms with Crippen molar-refractivity contribution in [3.8, 4) is 0 Å². The van der Waals surface area contributed by atoms with Crippen LogP contribution in [0.4, 0.5) is 0 Å². The third kappa shape index (κ3) is 1.75. The van der Waals surface area contributed by atoms with Gasteiger partial charge in [0.2, 0.25) is 0 Å². The zero-order valence-electron chi connectivity index (χ0n) is 14.8. The molecule has 4 aliphatic carbocycles. The second kappa shape index (κ2) is 5.24. The number of rotatable bonds is 2. The summed E-state index contributed by atoms with van der Waals surface area (Å²) in [4.78, 5) is 25.1. The maximum Gasteiger partial charge on any atom is 0.170 e. The molecule has 1 spiro atoms. The number of aliphatic hydroxyl groups excluding tert-OH is 3. The Morgan fingerprint density at radius 1 is 1.24 bits per heavy atom. The molecule has 0 heterocycles. The van der Waals surface area contributed by atoms with E-state index in [1.54, 1.807) is 0 Å². The van der Waals surface area contributed by atoms with Crippen molar-refractivity contribution < 1.29 is 24.9 Å². The van der Waals surface area contributed by atoms with Gasteiger partial charge in [0, 0.05) is 23.4 Å². The standard InChI is InChI=1S/C20H28O5/c1-11-12-4-5-13-19(10-22)7-3-6-18(2,9-21)14(19)8-15(23)20(13,16(11)24)17(12)25/h9,12-15,17,22-23,25H,1,3-8,10H2,2H3. The molecule has 0 radical (unpaired) electrons. The Morgan fingerprint density at radius 2 is 1.96 bits per heavy atom. The molecule has 2 bridgehead atoms. The van der Waals surface area contributed by atoms with Crippen molar-refractivity contribution in [2.75, 3.05) is 6.61 Å². The lowest BCUT2D eigenvalue weighted by molar-refractivity contribution is -0.237. The summed E-state index contributed by atoms with van der Waals surface area (Å²) in [7, 11) is 0. The lowest BCUT2D eigenvalue weighted by Crippen LogP contribution is -2.69. The van der Waals surface area contributed by atoms with Gasteiger partial charge in [0.25, 0.3) is 0 Å². The van der Waals surface area contributed by atoms with E-state index < -0.39 is 28.5 Å². The Hall–Kier alpha value is -1.04. The molecular formula is C20H28O5. The van der Waals surface area contributed by atoms with Crippen molar-refractivity contribution in [1.29, 1.82) is 0 Å². The Morgan fingerprint density at radius 3 is 2.60 bits per heavy atom. The van der Waals surface area contributed by atoms with Gasteiger partial charge in [0.15, 0.2) is 5.78 Å². The Bertz CT molecular complexity index is 644. The molecule has 5 heteroatoms. The summed E-state index contributed by atoms with van der Waals surface area (Å²) in [5.74, 6) is -0.986. The summed E-state index contributed by atoms with van der Waals surface area (Å²) < 4.78 is 0. The van der Waals surface area contributed by atoms with E-state index in [0.29, 0.717) is 18.4 Å². The minimum absolute atomic E-state index is 0.114. The molecule has 4 rings (SSSR count). The van der Waals surface area contributed by atoms with Crippen LogP contribution in [-0.4, -0.2) is 46.2 Å². The second-order valence-corrected chi connectivity index (χ2v) is 9.14. The van der Waals surface area contributed by atoms with Crippen molar-refractivity contribution in [1.82, 2.24) is 0 Å². The number of aldehydes is 1. The number of carbonyl (C=O) groups excluding carboxylic acids is 2. The zero-order chi connectivity index (χ0) is 18.2. The van der Waals surface area contributed by atoms with Crippen LogP contribution < -0.4 is 0 Å². The van der Waals surface area contributed by atoms with Crippen LogP contribution >= 0.6 is 0 Å². The number of ketones is 1. The topological polar surface area (TPSA) is 94.8 Å². The summed E-state index contributed by atoms with van der Waals surface area (Å²) in [6, 6.07) is 0. The third-order valence-corrected chi connectivity index (χ3v) is 8.46. The number of aliphatic hydroxyl groups is 3. The molecule has 8 unspecified atom stereocenters. The van der Waals surface area contributed by atoms with Crippen LogP contribution in [0.25, 0.3) is 0 Å². The van der Waals surface area contributed by atoms with E-state index in [4.69, 9.17) is 0 Å². The number of fused-ring (bicyclic) bond motifs is 3. The van der Waals surface area contributed by atoms with Crippen LogP contribution in [-0.2, 0) is 9.59 Å². The highest BCUT2D eigenvalue weighted by atomic mass is 16.3. The van der Waals surface area contributed by atoms with E-state index in [0.717, 1.165) is 25.5 Å². The third-order valence-electron chi connectivity index (χ3n) is 8.46. The average Bonchev–Trinajstić information content (AvgIpc) is 2.71. The maximum absolute atomic E-state index is 13.2. The monoisotopic (exact) mass is 348 g/mol. The zero-order valence-corrected chi connectivity index (χ0v) is 14.8. The molecule has 4 saturated carbocycles. The fourth-order valence-corrected chi connectivity index (χ4v) is 7.31. The molecule has 0 amide bonds. The molecule has 0 aromatic heterocycles. The molecule has 138 valence electrons. The first-order valence-electron chi connectivity index (χ1n) is 9.46. The minimum atomic E-state index is -1.25. The van der Waals surface area contributed by atoms with Crippen LogP contribution in [0.15, 0.2) is 12.2 Å². The Labute approximate surface area is 148 Å². The average molecular weight is 348 g/mol. The van der Waals surface area contributed by atoms with Gasteiger partial charge in [-0.15, -0.1) is 0 Å². The fourth-order valence-electron chi connectivity index (χ4n) is 7.31. The van der Waals surface area contributed by atoms with Gasteiger partial charge in [0.05, 0.1) is 17.6 Å². The van der Waals surface area contributed by atoms with Crippen LogP contribution in [0.5, 0.6) is 0 Å². The number of carbonyl (C=O) groups is 2. The van der Waals surface area contributed by atoms with Crippen molar-refractivity contribution in [2.45, 2.75) is 57.7 Å². The van der Waals surface area contributed by atoms with Gasteiger partial charge in [-0.3, -0.25) is 4.79 Å². The van der Waals surface area contributed by atoms with Crippen LogP contribution in [0, 0.1) is 34.0 Å². The molecule has 25 heavy (non-hydrogen) atoms. The van der Waals surface area contributed by atoms with E-state index in [-0.39, 0.29) is 36.6 Å². The van der Waals surface area contributed by atoms with Gasteiger partial charge < -0.3 is 20.1 Å². The predicted octanol–water partition coefficient (Wildman–Crippen LogP) is 1.25. The molecule has 4 aliphatic rings. The lowest BCUT2D eigenvalue weighted by Gasteiger charge is -2.65. The van der Waals surface area contributed by atoms with Crippen molar-refractivity contribution >= 4 is 12.1 Å². The summed E-state index contributed by atoms with van der Waals surface area (Å²) in [5, 5.41) is 32.6. The van der Waals surface area contributed by atoms with E-state index in [1.165, 1.54) is 0 Å². The Kier molecular flexibility index (Phi) is 3.64. The highest BCUT2D eigenvalue weighted by Gasteiger charge is 2.74. The molecule has 4 fully saturated rings. The van der Waals surface area contributed by atoms with E-state index in [9.17, 15) is 24.9 Å². The Balaban J connectivity index is 1.91. The van der Waals surface area contributed by atoms with E-state index >= 15 is 0 Å². The molecule has 0 saturated heterocycles. The van der Waals surface area contributed by atoms with Crippen LogP contribution in [0.2, 0.25) is 0 Å². The van der Waals surface area contributed by atoms with Gasteiger partial charge >= 0.3 is 0 Å². The van der Waals surface area contributed by atoms with Gasteiger partial charge in [-0.05, 0) is 49.5 Å². The summed E-state index contributed by atoms with van der Waals surface area (Å²) in [6.45, 7) is 5.71. The molecule has 3 N–H and O–H groups in total. The van der Waals surface area contributed by atoms with Gasteiger partial charge in [-0.1, -0.05) is 19.9 Å². The largest absolute Gasteiger partial charge is 0.396 e. The van der Waals surface area contributed by atoms with Gasteiger partial charge in [-0.25, -0.2) is 0 Å². The predicted molar refractivity (Wildman–Crippen MR) is 90.5 cm³/mol. The molecule has 0 aromatic rings. The van der Waals surface area contributed by atoms with E-state index in [1.807, 2.05) is 6.92 Å². The number of Topliss-reactive ketones (excluding diaryl/α,β-unsaturated/α-hetero) is 1. The summed E-state index contributed by atoms with van der Waals surface area (Å²) in [6.07, 6.45) is 2.92. The number of hydrogen-bond acceptors (Lipinski definition) is 5. The van der Waals surface area contributed by atoms with Crippen molar-refractivity contribution in [2.24, 2.45) is 34.0 Å². The normalized spacial score (nSPS) is 54.8. The quantitative estimate of drug-likeness (QED) is 0.516. The summed E-state index contributed by atoms with van der Waals surface area (Å²) in [5.41, 5.74) is -2.03. The molecule has 0 aliphatic heterocycles. The first-order chi connectivity index (χ1) is 11.8. The van der Waals surface area contributed by atoms with Gasteiger partial charge in [-0.2, -0.15) is 0 Å². The SMILES string of the molecule is C=C1C(=O)C23C(O)CC4C(C)(C=O)CCCC4(CO)C2CCC1C3O. The second-order valence-electron chi connectivity index (χ2n) is 9.14. The van der Waals surface area contributed by atoms with Gasteiger partial charge in [0.1, 0.15) is 6.29 Å². The first-order valence-corrected chi connectivity index (χ1v) is 9.46. The molecule has 8 atom stereocenters. The molecule has 5 nitrogen and oxygen atoms in total. The van der Waals surface area contributed by atoms with E-state index in [2.05, 4.69) is 6.58 Å². The van der Waals surface area contributed by atoms with Crippen molar-refractivity contribution in [3.05, 3.63) is 12.2 Å². The van der Waals surface area contributed by atoms with Crippen LogP contribution in [0.3, 0.4) is 0 Å². The minimum Gasteiger partial charge on any atom is -0.396 e. The molecule has 0 aromatic carbocycles. The highest BCUT2D eigenvalue weighted by molar-refractivity contribution is 6.04. The maximum atomic E-state index is 13.2. The smallest absolute Gasteiger partial charge is 0.170 e. The molecular weight excluding hydrogens is 320 g/mol.